The van der Waals surface area contributed by atoms with Crippen molar-refractivity contribution in [1.29, 1.82) is 5.26 Å². The highest BCUT2D eigenvalue weighted by Crippen LogP contribution is 2.15. The van der Waals surface area contributed by atoms with E-state index in [2.05, 4.69) is 6.92 Å². The molecule has 0 bridgehead atoms. The number of esters is 1. The number of nitriles is 1. The van der Waals surface area contributed by atoms with Crippen LogP contribution in [-0.4, -0.2) is 11.6 Å². The van der Waals surface area contributed by atoms with Crippen LogP contribution >= 0.6 is 0 Å². The van der Waals surface area contributed by atoms with Gasteiger partial charge in [-0.05, 0) is 20.3 Å². The van der Waals surface area contributed by atoms with Crippen molar-refractivity contribution in [2.24, 2.45) is 0 Å². The molecule has 0 atom stereocenters. The standard InChI is InChI=1S/C10H16NO2/c1-4-5-6-9(12)13-10(2,3)7-8-11/h1,4-7H2,2-3H3. The minimum atomic E-state index is -0.660. The summed E-state index contributed by atoms with van der Waals surface area (Å²) in [6, 6.07) is 1.98. The van der Waals surface area contributed by atoms with Crippen molar-refractivity contribution in [3.05, 3.63) is 6.92 Å². The fourth-order valence-electron chi connectivity index (χ4n) is 0.855. The Morgan fingerprint density at radius 2 is 2.23 bits per heavy atom. The molecule has 1 radical (unpaired) electrons. The summed E-state index contributed by atoms with van der Waals surface area (Å²) >= 11 is 0. The van der Waals surface area contributed by atoms with Gasteiger partial charge in [-0.15, -0.1) is 0 Å². The van der Waals surface area contributed by atoms with E-state index in [1.54, 1.807) is 13.8 Å². The molecule has 0 aliphatic carbocycles. The Bertz CT molecular complexity index is 203. The lowest BCUT2D eigenvalue weighted by atomic mass is 10.1. The Morgan fingerprint density at radius 3 is 2.69 bits per heavy atom. The minimum absolute atomic E-state index is 0.225. The Kier molecular flexibility index (Phi) is 5.13. The summed E-state index contributed by atoms with van der Waals surface area (Å²) in [5, 5.41) is 8.44. The second kappa shape index (κ2) is 5.58. The maximum atomic E-state index is 11.1. The fourth-order valence-corrected chi connectivity index (χ4v) is 0.855. The van der Waals surface area contributed by atoms with Crippen molar-refractivity contribution in [2.75, 3.05) is 0 Å². The van der Waals surface area contributed by atoms with Gasteiger partial charge in [-0.25, -0.2) is 0 Å². The van der Waals surface area contributed by atoms with E-state index < -0.39 is 5.60 Å². The van der Waals surface area contributed by atoms with E-state index in [-0.39, 0.29) is 12.4 Å². The van der Waals surface area contributed by atoms with E-state index in [9.17, 15) is 4.79 Å². The summed E-state index contributed by atoms with van der Waals surface area (Å²) in [5.41, 5.74) is -0.660. The first-order valence-electron chi connectivity index (χ1n) is 4.40. The summed E-state index contributed by atoms with van der Waals surface area (Å²) in [5.74, 6) is -0.246. The lowest BCUT2D eigenvalue weighted by Gasteiger charge is -2.21. The van der Waals surface area contributed by atoms with Crippen molar-refractivity contribution in [3.63, 3.8) is 0 Å². The Morgan fingerprint density at radius 1 is 1.62 bits per heavy atom. The van der Waals surface area contributed by atoms with E-state index >= 15 is 0 Å². The average Bonchev–Trinajstić information content (AvgIpc) is 1.99. The largest absolute Gasteiger partial charge is 0.459 e. The highest BCUT2D eigenvalue weighted by Gasteiger charge is 2.21. The van der Waals surface area contributed by atoms with E-state index in [1.165, 1.54) is 0 Å². The molecule has 0 rings (SSSR count). The molecular formula is C10H16NO2. The highest BCUT2D eigenvalue weighted by molar-refractivity contribution is 5.69. The molecular weight excluding hydrogens is 166 g/mol. The van der Waals surface area contributed by atoms with E-state index in [0.717, 1.165) is 12.8 Å². The molecule has 0 amide bonds. The molecule has 73 valence electrons. The quantitative estimate of drug-likeness (QED) is 0.612. The lowest BCUT2D eigenvalue weighted by molar-refractivity contribution is -0.156. The van der Waals surface area contributed by atoms with Crippen LogP contribution in [0, 0.1) is 18.3 Å². The average molecular weight is 182 g/mol. The van der Waals surface area contributed by atoms with Crippen LogP contribution in [0.2, 0.25) is 0 Å². The van der Waals surface area contributed by atoms with Gasteiger partial charge in [-0.2, -0.15) is 5.26 Å². The number of carbonyl (C=O) groups excluding carboxylic acids is 1. The van der Waals surface area contributed by atoms with Gasteiger partial charge in [0.05, 0.1) is 12.5 Å². The van der Waals surface area contributed by atoms with Crippen molar-refractivity contribution >= 4 is 5.97 Å². The molecule has 0 aliphatic rings. The minimum Gasteiger partial charge on any atom is -0.459 e. The molecule has 0 saturated carbocycles. The number of nitrogens with zero attached hydrogens (tertiary/aromatic N) is 1. The van der Waals surface area contributed by atoms with E-state index in [0.29, 0.717) is 6.42 Å². The molecule has 0 aromatic heterocycles. The second-order valence-electron chi connectivity index (χ2n) is 3.53. The molecule has 0 aliphatic heterocycles. The molecule has 0 aromatic carbocycles. The molecule has 0 saturated heterocycles. The number of rotatable bonds is 5. The van der Waals surface area contributed by atoms with Gasteiger partial charge >= 0.3 is 5.97 Å². The van der Waals surface area contributed by atoms with Crippen molar-refractivity contribution in [3.8, 4) is 6.07 Å². The number of unbranched alkanes of at least 4 members (excludes halogenated alkanes) is 1. The molecule has 13 heavy (non-hydrogen) atoms. The molecule has 0 fully saturated rings. The first kappa shape index (κ1) is 12.0. The number of hydrogen-bond acceptors (Lipinski definition) is 3. The Labute approximate surface area is 79.7 Å². The predicted octanol–water partition coefficient (Wildman–Crippen LogP) is 2.23. The lowest BCUT2D eigenvalue weighted by Crippen LogP contribution is -2.27. The first-order valence-corrected chi connectivity index (χ1v) is 4.40. The van der Waals surface area contributed by atoms with Crippen LogP contribution in [0.25, 0.3) is 0 Å². The van der Waals surface area contributed by atoms with Gasteiger partial charge in [0.1, 0.15) is 5.60 Å². The molecule has 0 heterocycles. The van der Waals surface area contributed by atoms with Gasteiger partial charge < -0.3 is 4.74 Å². The van der Waals surface area contributed by atoms with Crippen molar-refractivity contribution in [2.45, 2.75) is 45.1 Å². The van der Waals surface area contributed by atoms with Gasteiger partial charge in [-0.1, -0.05) is 13.3 Å². The van der Waals surface area contributed by atoms with Gasteiger partial charge in [0, 0.05) is 6.42 Å². The van der Waals surface area contributed by atoms with Gasteiger partial charge in [0.15, 0.2) is 0 Å². The molecule has 3 heteroatoms. The maximum absolute atomic E-state index is 11.1. The van der Waals surface area contributed by atoms with Crippen LogP contribution in [0.3, 0.4) is 0 Å². The van der Waals surface area contributed by atoms with Crippen LogP contribution in [-0.2, 0) is 9.53 Å². The van der Waals surface area contributed by atoms with Crippen molar-refractivity contribution in [1.82, 2.24) is 0 Å². The van der Waals surface area contributed by atoms with E-state index in [1.807, 2.05) is 6.07 Å². The number of carbonyl (C=O) groups is 1. The molecule has 3 nitrogen and oxygen atoms in total. The third-order valence-electron chi connectivity index (χ3n) is 1.53. The van der Waals surface area contributed by atoms with Crippen molar-refractivity contribution < 1.29 is 9.53 Å². The summed E-state index contributed by atoms with van der Waals surface area (Å²) in [6.07, 6.45) is 2.08. The molecule has 0 aromatic rings. The summed E-state index contributed by atoms with van der Waals surface area (Å²) < 4.78 is 5.09. The molecule has 0 spiro atoms. The zero-order valence-corrected chi connectivity index (χ0v) is 8.30. The summed E-state index contributed by atoms with van der Waals surface area (Å²) in [7, 11) is 0. The van der Waals surface area contributed by atoms with Crippen LogP contribution in [0.4, 0.5) is 0 Å². The maximum Gasteiger partial charge on any atom is 0.306 e. The molecule has 0 N–H and O–H groups in total. The molecule has 0 unspecified atom stereocenters. The zero-order chi connectivity index (χ0) is 10.3. The van der Waals surface area contributed by atoms with Crippen LogP contribution in [0.15, 0.2) is 0 Å². The Hall–Kier alpha value is -1.04. The van der Waals surface area contributed by atoms with Gasteiger partial charge in [0.2, 0.25) is 0 Å². The first-order chi connectivity index (χ1) is 6.02. The number of hydrogen-bond donors (Lipinski definition) is 0. The summed E-state index contributed by atoms with van der Waals surface area (Å²) in [6.45, 7) is 7.10. The normalized spacial score (nSPS) is 10.6. The van der Waals surface area contributed by atoms with Crippen LogP contribution < -0.4 is 0 Å². The van der Waals surface area contributed by atoms with Gasteiger partial charge in [0.25, 0.3) is 0 Å². The van der Waals surface area contributed by atoms with Gasteiger partial charge in [-0.3, -0.25) is 4.79 Å². The second-order valence-corrected chi connectivity index (χ2v) is 3.53. The summed E-state index contributed by atoms with van der Waals surface area (Å²) in [4.78, 5) is 11.1. The van der Waals surface area contributed by atoms with Crippen LogP contribution in [0.5, 0.6) is 0 Å². The monoisotopic (exact) mass is 182 g/mol. The smallest absolute Gasteiger partial charge is 0.306 e. The predicted molar refractivity (Wildman–Crippen MR) is 49.6 cm³/mol. The SMILES string of the molecule is [CH2]CCCC(=O)OC(C)(C)CC#N. The zero-order valence-electron chi connectivity index (χ0n) is 8.30. The third-order valence-corrected chi connectivity index (χ3v) is 1.53. The van der Waals surface area contributed by atoms with Crippen LogP contribution in [0.1, 0.15) is 39.5 Å². The number of ether oxygens (including phenoxy) is 1. The highest BCUT2D eigenvalue weighted by atomic mass is 16.6. The topological polar surface area (TPSA) is 50.1 Å². The van der Waals surface area contributed by atoms with E-state index in [4.69, 9.17) is 10.00 Å². The Balaban J connectivity index is 3.83. The third kappa shape index (κ3) is 6.15. The fraction of sp³-hybridized carbons (Fsp3) is 0.700.